The van der Waals surface area contributed by atoms with Gasteiger partial charge in [0.25, 0.3) is 0 Å². The van der Waals surface area contributed by atoms with Crippen molar-refractivity contribution in [1.29, 1.82) is 0 Å². The predicted octanol–water partition coefficient (Wildman–Crippen LogP) is 0.806. The summed E-state index contributed by atoms with van der Waals surface area (Å²) in [6.07, 6.45) is 0. The molecule has 0 aliphatic carbocycles. The van der Waals surface area contributed by atoms with Gasteiger partial charge in [-0.25, -0.2) is 9.78 Å². The van der Waals surface area contributed by atoms with Gasteiger partial charge in [-0.2, -0.15) is 0 Å². The molecule has 7 heteroatoms. The Bertz CT molecular complexity index is 678. The molecule has 2 aromatic rings. The summed E-state index contributed by atoms with van der Waals surface area (Å²) in [7, 11) is 1.56. The van der Waals surface area contributed by atoms with Crippen molar-refractivity contribution in [3.63, 3.8) is 0 Å². The summed E-state index contributed by atoms with van der Waals surface area (Å²) in [4.78, 5) is 27.3. The lowest BCUT2D eigenvalue weighted by Crippen LogP contribution is -2.30. The summed E-state index contributed by atoms with van der Waals surface area (Å²) in [5.74, 6) is -0.606. The Labute approximate surface area is 121 Å². The first kappa shape index (κ1) is 15.0. The number of benzene rings is 1. The Kier molecular flexibility index (Phi) is 4.54. The number of para-hydroxylation sites is 1. The zero-order valence-corrected chi connectivity index (χ0v) is 11.9. The second kappa shape index (κ2) is 6.36. The van der Waals surface area contributed by atoms with E-state index in [1.54, 1.807) is 30.7 Å². The highest BCUT2D eigenvalue weighted by atomic mass is 16.5. The zero-order valence-electron chi connectivity index (χ0n) is 11.9. The number of hydrogen-bond donors (Lipinski definition) is 2. The number of nitrogens with zero attached hydrogens (tertiary/aromatic N) is 2. The molecule has 0 spiro atoms. The van der Waals surface area contributed by atoms with Gasteiger partial charge in [0.15, 0.2) is 0 Å². The standard InChI is InChI=1S/C14H17N3O4/c1-9-16-13-10(14(19)20)4-3-5-11(13)17(9)8-12(18)15-6-7-21-2/h3-5H,6-8H2,1-2H3,(H,15,18)(H,19,20). The number of aromatic nitrogens is 2. The van der Waals surface area contributed by atoms with Crippen LogP contribution in [0.15, 0.2) is 18.2 Å². The molecule has 1 heterocycles. The number of hydrogen-bond acceptors (Lipinski definition) is 4. The van der Waals surface area contributed by atoms with E-state index in [0.717, 1.165) is 0 Å². The number of ether oxygens (including phenoxy) is 1. The molecular weight excluding hydrogens is 274 g/mol. The van der Waals surface area contributed by atoms with Crippen LogP contribution in [0.4, 0.5) is 0 Å². The van der Waals surface area contributed by atoms with Crippen LogP contribution in [0.5, 0.6) is 0 Å². The lowest BCUT2D eigenvalue weighted by Gasteiger charge is -2.08. The Morgan fingerprint density at radius 2 is 2.19 bits per heavy atom. The second-order valence-electron chi connectivity index (χ2n) is 4.57. The lowest BCUT2D eigenvalue weighted by atomic mass is 10.2. The van der Waals surface area contributed by atoms with E-state index in [-0.39, 0.29) is 18.0 Å². The number of rotatable bonds is 6. The lowest BCUT2D eigenvalue weighted by molar-refractivity contribution is -0.121. The molecule has 0 aliphatic heterocycles. The summed E-state index contributed by atoms with van der Waals surface area (Å²) >= 11 is 0. The Hall–Kier alpha value is -2.41. The van der Waals surface area contributed by atoms with Gasteiger partial charge < -0.3 is 19.7 Å². The fourth-order valence-electron chi connectivity index (χ4n) is 2.13. The number of carboxylic acids is 1. The molecular formula is C14H17N3O4. The fourth-order valence-corrected chi connectivity index (χ4v) is 2.13. The Morgan fingerprint density at radius 3 is 2.86 bits per heavy atom. The molecule has 0 atom stereocenters. The van der Waals surface area contributed by atoms with Crippen LogP contribution in [0.3, 0.4) is 0 Å². The number of aromatic carboxylic acids is 1. The first-order valence-electron chi connectivity index (χ1n) is 6.49. The van der Waals surface area contributed by atoms with Crippen LogP contribution in [0, 0.1) is 6.92 Å². The molecule has 1 amide bonds. The van der Waals surface area contributed by atoms with E-state index >= 15 is 0 Å². The first-order valence-corrected chi connectivity index (χ1v) is 6.49. The molecule has 1 aromatic carbocycles. The fraction of sp³-hybridized carbons (Fsp3) is 0.357. The summed E-state index contributed by atoms with van der Waals surface area (Å²) in [6, 6.07) is 4.90. The maximum atomic E-state index is 11.9. The number of carbonyl (C=O) groups excluding carboxylic acids is 1. The first-order chi connectivity index (χ1) is 10.0. The highest BCUT2D eigenvalue weighted by molar-refractivity contribution is 6.01. The van der Waals surface area contributed by atoms with Gasteiger partial charge in [0.1, 0.15) is 17.9 Å². The summed E-state index contributed by atoms with van der Waals surface area (Å²) in [6.45, 7) is 2.71. The van der Waals surface area contributed by atoms with Gasteiger partial charge in [-0.3, -0.25) is 4.79 Å². The molecule has 0 saturated carbocycles. The van der Waals surface area contributed by atoms with Crippen LogP contribution in [0.25, 0.3) is 11.0 Å². The molecule has 7 nitrogen and oxygen atoms in total. The van der Waals surface area contributed by atoms with E-state index in [1.165, 1.54) is 6.07 Å². The largest absolute Gasteiger partial charge is 0.478 e. The van der Waals surface area contributed by atoms with Gasteiger partial charge in [-0.05, 0) is 19.1 Å². The van der Waals surface area contributed by atoms with Crippen molar-refractivity contribution in [2.24, 2.45) is 0 Å². The second-order valence-corrected chi connectivity index (χ2v) is 4.57. The SMILES string of the molecule is COCCNC(=O)Cn1c(C)nc2c(C(=O)O)cccc21. The van der Waals surface area contributed by atoms with Crippen molar-refractivity contribution in [2.75, 3.05) is 20.3 Å². The van der Waals surface area contributed by atoms with E-state index in [4.69, 9.17) is 9.84 Å². The van der Waals surface area contributed by atoms with Crippen molar-refractivity contribution in [3.8, 4) is 0 Å². The molecule has 0 radical (unpaired) electrons. The van der Waals surface area contributed by atoms with E-state index in [9.17, 15) is 9.59 Å². The minimum Gasteiger partial charge on any atom is -0.478 e. The molecule has 2 rings (SSSR count). The smallest absolute Gasteiger partial charge is 0.337 e. The van der Waals surface area contributed by atoms with Crippen LogP contribution < -0.4 is 5.32 Å². The quantitative estimate of drug-likeness (QED) is 0.768. The average Bonchev–Trinajstić information content (AvgIpc) is 2.75. The summed E-state index contributed by atoms with van der Waals surface area (Å²) < 4.78 is 6.56. The zero-order chi connectivity index (χ0) is 15.4. The summed E-state index contributed by atoms with van der Waals surface area (Å²) in [5.41, 5.74) is 1.16. The number of fused-ring (bicyclic) bond motifs is 1. The minimum absolute atomic E-state index is 0.0924. The monoisotopic (exact) mass is 291 g/mol. The van der Waals surface area contributed by atoms with Crippen LogP contribution in [-0.4, -0.2) is 46.8 Å². The number of amides is 1. The van der Waals surface area contributed by atoms with E-state index in [1.807, 2.05) is 0 Å². The average molecular weight is 291 g/mol. The molecule has 0 fully saturated rings. The third kappa shape index (κ3) is 3.19. The van der Waals surface area contributed by atoms with Crippen LogP contribution >= 0.6 is 0 Å². The predicted molar refractivity (Wildman–Crippen MR) is 76.3 cm³/mol. The van der Waals surface area contributed by atoms with Crippen molar-refractivity contribution in [3.05, 3.63) is 29.6 Å². The van der Waals surface area contributed by atoms with E-state index in [2.05, 4.69) is 10.3 Å². The Balaban J connectivity index is 2.28. The van der Waals surface area contributed by atoms with Gasteiger partial charge in [-0.1, -0.05) is 6.07 Å². The normalized spacial score (nSPS) is 10.8. The number of carboxylic acid groups (broad SMARTS) is 1. The van der Waals surface area contributed by atoms with Crippen molar-refractivity contribution in [1.82, 2.24) is 14.9 Å². The molecule has 0 bridgehead atoms. The van der Waals surface area contributed by atoms with Crippen molar-refractivity contribution < 1.29 is 19.4 Å². The molecule has 1 aromatic heterocycles. The van der Waals surface area contributed by atoms with Crippen LogP contribution in [0.1, 0.15) is 16.2 Å². The number of nitrogens with one attached hydrogen (secondary N) is 1. The highest BCUT2D eigenvalue weighted by Crippen LogP contribution is 2.20. The van der Waals surface area contributed by atoms with E-state index < -0.39 is 5.97 Å². The molecule has 21 heavy (non-hydrogen) atoms. The third-order valence-corrected chi connectivity index (χ3v) is 3.13. The molecule has 0 saturated heterocycles. The molecule has 0 unspecified atom stereocenters. The number of imidazole rings is 1. The van der Waals surface area contributed by atoms with Crippen molar-refractivity contribution >= 4 is 22.9 Å². The summed E-state index contributed by atoms with van der Waals surface area (Å²) in [5, 5.41) is 11.9. The van der Waals surface area contributed by atoms with Gasteiger partial charge in [-0.15, -0.1) is 0 Å². The van der Waals surface area contributed by atoms with E-state index in [0.29, 0.717) is 30.0 Å². The van der Waals surface area contributed by atoms with Crippen LogP contribution in [-0.2, 0) is 16.1 Å². The topological polar surface area (TPSA) is 93.5 Å². The molecule has 0 aliphatic rings. The van der Waals surface area contributed by atoms with Crippen molar-refractivity contribution in [2.45, 2.75) is 13.5 Å². The minimum atomic E-state index is -1.03. The molecule has 2 N–H and O–H groups in total. The highest BCUT2D eigenvalue weighted by Gasteiger charge is 2.16. The number of aryl methyl sites for hydroxylation is 1. The maximum Gasteiger partial charge on any atom is 0.337 e. The van der Waals surface area contributed by atoms with Gasteiger partial charge in [0.2, 0.25) is 5.91 Å². The molecule has 112 valence electrons. The van der Waals surface area contributed by atoms with Gasteiger partial charge in [0.05, 0.1) is 17.7 Å². The number of methoxy groups -OCH3 is 1. The maximum absolute atomic E-state index is 11.9. The number of carbonyl (C=O) groups is 2. The van der Waals surface area contributed by atoms with Crippen LogP contribution in [0.2, 0.25) is 0 Å². The Morgan fingerprint density at radius 1 is 1.43 bits per heavy atom. The van der Waals surface area contributed by atoms with Gasteiger partial charge in [0, 0.05) is 13.7 Å². The van der Waals surface area contributed by atoms with Gasteiger partial charge >= 0.3 is 5.97 Å². The third-order valence-electron chi connectivity index (χ3n) is 3.13.